The van der Waals surface area contributed by atoms with Crippen LogP contribution in [0.4, 0.5) is 0 Å². The fourth-order valence-corrected chi connectivity index (χ4v) is 6.66. The quantitative estimate of drug-likeness (QED) is 0.332. The number of carbonyl (C=O) groups excluding carboxylic acids is 1. The summed E-state index contributed by atoms with van der Waals surface area (Å²) in [6.07, 6.45) is 1.67. The van der Waals surface area contributed by atoms with Crippen molar-refractivity contribution in [1.29, 1.82) is 0 Å². The van der Waals surface area contributed by atoms with E-state index < -0.39 is 12.0 Å². The standard InChI is InChI=1S/C27H26Br2N2O5S/c1-6-35-26(33)22-15(4)30-27-31(23(22)18-9-7-8-10-20(18)36-14(2)3)25(32)21(37-27)12-16-11-17(28)13-19(29)24(16)34-5/h7-14,23H,6H2,1-5H3/b21-12-/t23-/m0/s1. The normalized spacial score (nSPS) is 15.5. The molecule has 0 saturated heterocycles. The van der Waals surface area contributed by atoms with Crippen molar-refractivity contribution in [1.82, 2.24) is 4.57 Å². The van der Waals surface area contributed by atoms with E-state index in [1.54, 1.807) is 31.6 Å². The van der Waals surface area contributed by atoms with Crippen LogP contribution in [0.5, 0.6) is 11.5 Å². The number of thiazole rings is 1. The van der Waals surface area contributed by atoms with Gasteiger partial charge >= 0.3 is 5.97 Å². The van der Waals surface area contributed by atoms with Crippen molar-refractivity contribution in [3.05, 3.63) is 87.4 Å². The van der Waals surface area contributed by atoms with Gasteiger partial charge in [0.05, 0.1) is 40.1 Å². The molecule has 2 aromatic carbocycles. The van der Waals surface area contributed by atoms with Crippen LogP contribution in [0.2, 0.25) is 0 Å². The van der Waals surface area contributed by atoms with Gasteiger partial charge in [-0.25, -0.2) is 9.79 Å². The van der Waals surface area contributed by atoms with Crippen molar-refractivity contribution in [2.24, 2.45) is 4.99 Å². The van der Waals surface area contributed by atoms with Crippen molar-refractivity contribution in [2.75, 3.05) is 13.7 Å². The topological polar surface area (TPSA) is 79.1 Å². The smallest absolute Gasteiger partial charge is 0.338 e. The maximum atomic E-state index is 13.9. The number of methoxy groups -OCH3 is 1. The van der Waals surface area contributed by atoms with Gasteiger partial charge in [0.2, 0.25) is 0 Å². The molecule has 1 aliphatic rings. The average Bonchev–Trinajstić information content (AvgIpc) is 3.12. The summed E-state index contributed by atoms with van der Waals surface area (Å²) in [5, 5.41) is 0. The minimum atomic E-state index is -0.761. The summed E-state index contributed by atoms with van der Waals surface area (Å²) in [7, 11) is 1.58. The minimum absolute atomic E-state index is 0.101. The second-order valence-corrected chi connectivity index (χ2v) is 11.3. The molecule has 2 heterocycles. The molecule has 194 valence electrons. The number of benzene rings is 2. The molecule has 0 amide bonds. The molecule has 0 radical (unpaired) electrons. The monoisotopic (exact) mass is 648 g/mol. The molecule has 1 atom stereocenters. The number of aromatic nitrogens is 1. The summed E-state index contributed by atoms with van der Waals surface area (Å²) in [4.78, 5) is 32.2. The van der Waals surface area contributed by atoms with Crippen LogP contribution in [0.1, 0.15) is 44.9 Å². The SMILES string of the molecule is CCOC(=O)C1=C(C)N=c2s/c(=C\c3cc(Br)cc(Br)c3OC)c(=O)n2[C@H]1c1ccccc1OC(C)C. The highest BCUT2D eigenvalue weighted by atomic mass is 79.9. The van der Waals surface area contributed by atoms with Gasteiger partial charge in [-0.15, -0.1) is 0 Å². The van der Waals surface area contributed by atoms with Gasteiger partial charge < -0.3 is 14.2 Å². The predicted molar refractivity (Wildman–Crippen MR) is 151 cm³/mol. The van der Waals surface area contributed by atoms with Crippen LogP contribution in [0.25, 0.3) is 6.08 Å². The molecule has 0 unspecified atom stereocenters. The Labute approximate surface area is 235 Å². The third kappa shape index (κ3) is 5.46. The van der Waals surface area contributed by atoms with Gasteiger partial charge in [0, 0.05) is 15.6 Å². The second-order valence-electron chi connectivity index (χ2n) is 8.52. The number of rotatable bonds is 7. The number of hydrogen-bond donors (Lipinski definition) is 0. The van der Waals surface area contributed by atoms with E-state index in [9.17, 15) is 9.59 Å². The molecule has 0 fully saturated rings. The summed E-state index contributed by atoms with van der Waals surface area (Å²) in [6.45, 7) is 7.57. The molecule has 1 aliphatic heterocycles. The van der Waals surface area contributed by atoms with E-state index in [4.69, 9.17) is 14.2 Å². The number of carbonyl (C=O) groups is 1. The molecule has 0 spiro atoms. The molecule has 0 saturated carbocycles. The van der Waals surface area contributed by atoms with Gasteiger partial charge in [0.1, 0.15) is 17.5 Å². The summed E-state index contributed by atoms with van der Waals surface area (Å²) in [5.74, 6) is 0.677. The Morgan fingerprint density at radius 1 is 1.24 bits per heavy atom. The Kier molecular flexibility index (Phi) is 8.40. The highest BCUT2D eigenvalue weighted by Gasteiger charge is 2.35. The summed E-state index contributed by atoms with van der Waals surface area (Å²) >= 11 is 8.27. The van der Waals surface area contributed by atoms with E-state index in [0.29, 0.717) is 37.7 Å². The van der Waals surface area contributed by atoms with Crippen LogP contribution in [0.3, 0.4) is 0 Å². The van der Waals surface area contributed by atoms with Crippen LogP contribution >= 0.6 is 43.2 Å². The zero-order valence-corrected chi connectivity index (χ0v) is 25.0. The lowest BCUT2D eigenvalue weighted by atomic mass is 9.95. The Hall–Kier alpha value is -2.69. The summed E-state index contributed by atoms with van der Waals surface area (Å²) in [5.41, 5.74) is 1.93. The van der Waals surface area contributed by atoms with E-state index in [2.05, 4.69) is 36.9 Å². The van der Waals surface area contributed by atoms with Crippen LogP contribution in [0.15, 0.2) is 66.4 Å². The van der Waals surface area contributed by atoms with Crippen molar-refractivity contribution < 1.29 is 19.0 Å². The highest BCUT2D eigenvalue weighted by Crippen LogP contribution is 2.36. The molecule has 37 heavy (non-hydrogen) atoms. The first-order chi connectivity index (χ1) is 17.7. The molecule has 0 aliphatic carbocycles. The van der Waals surface area contributed by atoms with E-state index in [0.717, 1.165) is 14.5 Å². The zero-order valence-electron chi connectivity index (χ0n) is 21.0. The van der Waals surface area contributed by atoms with E-state index >= 15 is 0 Å². The van der Waals surface area contributed by atoms with Crippen molar-refractivity contribution in [3.8, 4) is 11.5 Å². The Morgan fingerprint density at radius 2 is 1.97 bits per heavy atom. The molecule has 10 heteroatoms. The average molecular weight is 650 g/mol. The van der Waals surface area contributed by atoms with Crippen molar-refractivity contribution in [2.45, 2.75) is 39.8 Å². The van der Waals surface area contributed by atoms with Crippen LogP contribution < -0.4 is 24.4 Å². The van der Waals surface area contributed by atoms with Crippen molar-refractivity contribution >= 4 is 55.2 Å². The summed E-state index contributed by atoms with van der Waals surface area (Å²) < 4.78 is 20.6. The first-order valence-corrected chi connectivity index (χ1v) is 14.0. The number of ether oxygens (including phenoxy) is 3. The molecule has 1 aromatic heterocycles. The van der Waals surface area contributed by atoms with Crippen LogP contribution in [-0.4, -0.2) is 30.4 Å². The molecule has 3 aromatic rings. The van der Waals surface area contributed by atoms with E-state index in [-0.39, 0.29) is 18.3 Å². The molecule has 4 rings (SSSR count). The van der Waals surface area contributed by atoms with Gasteiger partial charge in [0.15, 0.2) is 4.80 Å². The number of nitrogens with zero attached hydrogens (tertiary/aromatic N) is 2. The Bertz CT molecular complexity index is 1570. The van der Waals surface area contributed by atoms with Crippen molar-refractivity contribution in [3.63, 3.8) is 0 Å². The molecule has 0 bridgehead atoms. The molecule has 0 N–H and O–H groups in total. The fraction of sp³-hybridized carbons (Fsp3) is 0.296. The highest BCUT2D eigenvalue weighted by molar-refractivity contribution is 9.11. The molecular formula is C27H26Br2N2O5S. The predicted octanol–water partition coefficient (Wildman–Crippen LogP) is 5.12. The lowest BCUT2D eigenvalue weighted by molar-refractivity contribution is -0.139. The number of esters is 1. The lowest BCUT2D eigenvalue weighted by Crippen LogP contribution is -2.40. The first kappa shape index (κ1) is 27.3. The fourth-order valence-electron chi connectivity index (χ4n) is 4.20. The second kappa shape index (κ2) is 11.4. The number of hydrogen-bond acceptors (Lipinski definition) is 7. The Morgan fingerprint density at radius 3 is 2.65 bits per heavy atom. The van der Waals surface area contributed by atoms with Crippen LogP contribution in [-0.2, 0) is 9.53 Å². The minimum Gasteiger partial charge on any atom is -0.495 e. The van der Waals surface area contributed by atoms with Gasteiger partial charge in [-0.1, -0.05) is 45.5 Å². The van der Waals surface area contributed by atoms with E-state index in [1.165, 1.54) is 11.3 Å². The summed E-state index contributed by atoms with van der Waals surface area (Å²) in [6, 6.07) is 10.4. The number of allylic oxidation sites excluding steroid dienone is 1. The molecule has 7 nitrogen and oxygen atoms in total. The Balaban J connectivity index is 2.01. The zero-order chi connectivity index (χ0) is 26.9. The first-order valence-electron chi connectivity index (χ1n) is 11.6. The number of fused-ring (bicyclic) bond motifs is 1. The number of halogens is 2. The number of para-hydroxylation sites is 1. The largest absolute Gasteiger partial charge is 0.495 e. The maximum absolute atomic E-state index is 13.9. The lowest BCUT2D eigenvalue weighted by Gasteiger charge is -2.26. The van der Waals surface area contributed by atoms with Gasteiger partial charge in [-0.3, -0.25) is 9.36 Å². The van der Waals surface area contributed by atoms with Gasteiger partial charge in [-0.05, 0) is 67.9 Å². The third-order valence-electron chi connectivity index (χ3n) is 5.62. The van der Waals surface area contributed by atoms with Gasteiger partial charge in [-0.2, -0.15) is 0 Å². The third-order valence-corrected chi connectivity index (χ3v) is 7.65. The van der Waals surface area contributed by atoms with Crippen LogP contribution in [0, 0.1) is 0 Å². The van der Waals surface area contributed by atoms with E-state index in [1.807, 2.05) is 50.2 Å². The molecular weight excluding hydrogens is 624 g/mol. The maximum Gasteiger partial charge on any atom is 0.338 e. The van der Waals surface area contributed by atoms with Gasteiger partial charge in [0.25, 0.3) is 5.56 Å².